The minimum Gasteiger partial charge on any atom is -0.456 e. The molecule has 3 aliphatic carbocycles. The monoisotopic (exact) mass is 740 g/mol. The van der Waals surface area contributed by atoms with Gasteiger partial charge in [-0.3, -0.25) is 0 Å². The highest BCUT2D eigenvalue weighted by Gasteiger charge is 2.52. The van der Waals surface area contributed by atoms with Crippen LogP contribution in [-0.2, 0) is 11.8 Å². The molecule has 0 saturated carbocycles. The van der Waals surface area contributed by atoms with Crippen LogP contribution < -0.4 is 4.90 Å². The summed E-state index contributed by atoms with van der Waals surface area (Å²) in [6, 6.07) is 67.1. The third kappa shape index (κ3) is 4.07. The molecule has 0 unspecified atom stereocenters. The number of fused-ring (bicyclic) bond motifs is 16. The standard InChI is InChI=1S/C55H36N2O/c1-2-16-35(17-3-1)56-47-27-12-7-22-41(47)54-49(56)29-15-30-50(54)57(36-32-33-52-42(34-36)39-20-8-13-31-51(39)58-52)48-28-14-26-46-53(48)40-21-6-11-25-45(40)55(46)43-23-9-4-18-37(43)38-19-5-10-24-44(38)55/h1-6,8-21,23-34H,7,22H2. The summed E-state index contributed by atoms with van der Waals surface area (Å²) in [5, 5.41) is 3.52. The fourth-order valence-electron chi connectivity index (χ4n) is 10.9. The summed E-state index contributed by atoms with van der Waals surface area (Å²) in [6.45, 7) is 0. The van der Waals surface area contributed by atoms with Gasteiger partial charge in [-0.25, -0.2) is 0 Å². The van der Waals surface area contributed by atoms with Crippen molar-refractivity contribution in [1.82, 2.24) is 4.57 Å². The molecule has 13 rings (SSSR count). The number of nitrogens with zero attached hydrogens (tertiary/aromatic N) is 2. The fraction of sp³-hybridized carbons (Fsp3) is 0.0545. The van der Waals surface area contributed by atoms with Gasteiger partial charge in [-0.1, -0.05) is 133 Å². The lowest BCUT2D eigenvalue weighted by molar-refractivity contribution is 0.669. The largest absolute Gasteiger partial charge is 0.456 e. The molecule has 0 N–H and O–H groups in total. The van der Waals surface area contributed by atoms with E-state index in [9.17, 15) is 0 Å². The maximum Gasteiger partial charge on any atom is 0.135 e. The number of hydrogen-bond acceptors (Lipinski definition) is 2. The zero-order valence-electron chi connectivity index (χ0n) is 31.7. The van der Waals surface area contributed by atoms with E-state index in [2.05, 4.69) is 198 Å². The van der Waals surface area contributed by atoms with E-state index >= 15 is 0 Å². The Morgan fingerprint density at radius 2 is 1.16 bits per heavy atom. The number of aryl methyl sites for hydroxylation is 1. The van der Waals surface area contributed by atoms with Crippen LogP contribution in [0.2, 0.25) is 0 Å². The van der Waals surface area contributed by atoms with Gasteiger partial charge in [0.05, 0.1) is 22.3 Å². The number of hydrogen-bond donors (Lipinski definition) is 0. The van der Waals surface area contributed by atoms with Crippen molar-refractivity contribution in [2.24, 2.45) is 0 Å². The molecule has 0 fully saturated rings. The minimum absolute atomic E-state index is 0.446. The van der Waals surface area contributed by atoms with Crippen LogP contribution in [0.5, 0.6) is 0 Å². The predicted octanol–water partition coefficient (Wildman–Crippen LogP) is 14.3. The molecule has 2 heterocycles. The van der Waals surface area contributed by atoms with Crippen molar-refractivity contribution >= 4 is 56.0 Å². The summed E-state index contributed by atoms with van der Waals surface area (Å²) in [5.74, 6) is 0. The number of para-hydroxylation sites is 2. The first-order valence-electron chi connectivity index (χ1n) is 20.3. The van der Waals surface area contributed by atoms with Crippen molar-refractivity contribution in [2.75, 3.05) is 4.90 Å². The molecule has 0 aliphatic heterocycles. The van der Waals surface area contributed by atoms with E-state index in [-0.39, 0.29) is 0 Å². The molecule has 8 aromatic carbocycles. The van der Waals surface area contributed by atoms with E-state index in [4.69, 9.17) is 4.42 Å². The molecule has 272 valence electrons. The number of furan rings is 1. The normalized spacial score (nSPS) is 14.1. The second-order valence-electron chi connectivity index (χ2n) is 15.8. The second kappa shape index (κ2) is 11.8. The molecule has 0 atom stereocenters. The number of allylic oxidation sites excluding steroid dienone is 1. The SMILES string of the molecule is C1=Cc2c(c3c(N(c4ccc5oc6ccccc6c5c4)c4cccc5c4-c4ccccc4C54c5ccccc5-c5ccccc54)cccc3n2-c2ccccc2)CC1. The second-order valence-corrected chi connectivity index (χ2v) is 15.8. The van der Waals surface area contributed by atoms with Crippen molar-refractivity contribution in [2.45, 2.75) is 18.3 Å². The molecule has 3 aliphatic rings. The fourth-order valence-corrected chi connectivity index (χ4v) is 10.9. The molecule has 10 aromatic rings. The van der Waals surface area contributed by atoms with Crippen molar-refractivity contribution in [1.29, 1.82) is 0 Å². The van der Waals surface area contributed by atoms with Crippen LogP contribution in [0, 0.1) is 0 Å². The maximum absolute atomic E-state index is 6.42. The smallest absolute Gasteiger partial charge is 0.135 e. The Morgan fingerprint density at radius 3 is 1.97 bits per heavy atom. The van der Waals surface area contributed by atoms with Gasteiger partial charge in [0.1, 0.15) is 11.2 Å². The van der Waals surface area contributed by atoms with E-state index in [1.165, 1.54) is 78.0 Å². The Bertz CT molecular complexity index is 3320. The lowest BCUT2D eigenvalue weighted by Crippen LogP contribution is -2.26. The lowest BCUT2D eigenvalue weighted by atomic mass is 9.70. The summed E-state index contributed by atoms with van der Waals surface area (Å²) >= 11 is 0. The molecule has 3 nitrogen and oxygen atoms in total. The van der Waals surface area contributed by atoms with E-state index in [0.29, 0.717) is 0 Å². The highest BCUT2D eigenvalue weighted by Crippen LogP contribution is 2.65. The Morgan fingerprint density at radius 1 is 0.517 bits per heavy atom. The molecule has 0 saturated heterocycles. The number of benzene rings is 8. The van der Waals surface area contributed by atoms with Crippen LogP contribution in [0.15, 0.2) is 192 Å². The first kappa shape index (κ1) is 31.8. The molecule has 2 aromatic heterocycles. The Balaban J connectivity index is 1.16. The van der Waals surface area contributed by atoms with Crippen molar-refractivity contribution in [3.05, 3.63) is 222 Å². The van der Waals surface area contributed by atoms with Gasteiger partial charge >= 0.3 is 0 Å². The average molecular weight is 741 g/mol. The van der Waals surface area contributed by atoms with Gasteiger partial charge in [-0.05, 0) is 118 Å². The van der Waals surface area contributed by atoms with Crippen LogP contribution in [0.3, 0.4) is 0 Å². The van der Waals surface area contributed by atoms with Gasteiger partial charge in [-0.15, -0.1) is 0 Å². The third-order valence-electron chi connectivity index (χ3n) is 13.1. The first-order chi connectivity index (χ1) is 28.8. The van der Waals surface area contributed by atoms with E-state index in [0.717, 1.165) is 46.2 Å². The van der Waals surface area contributed by atoms with Gasteiger partial charge in [0.15, 0.2) is 0 Å². The topological polar surface area (TPSA) is 21.3 Å². The van der Waals surface area contributed by atoms with Gasteiger partial charge in [0, 0.05) is 38.8 Å². The summed E-state index contributed by atoms with van der Waals surface area (Å²) in [5.41, 5.74) is 20.3. The maximum atomic E-state index is 6.42. The predicted molar refractivity (Wildman–Crippen MR) is 239 cm³/mol. The van der Waals surface area contributed by atoms with Crippen LogP contribution in [0.4, 0.5) is 17.1 Å². The van der Waals surface area contributed by atoms with Crippen LogP contribution in [0.1, 0.15) is 39.9 Å². The van der Waals surface area contributed by atoms with E-state index in [1.807, 2.05) is 6.07 Å². The quantitative estimate of drug-likeness (QED) is 0.179. The zero-order valence-corrected chi connectivity index (χ0v) is 31.7. The third-order valence-corrected chi connectivity index (χ3v) is 13.1. The molecule has 3 heteroatoms. The molecular formula is C55H36N2O. The first-order valence-corrected chi connectivity index (χ1v) is 20.3. The van der Waals surface area contributed by atoms with Crippen LogP contribution in [-0.4, -0.2) is 4.57 Å². The molecule has 0 bridgehead atoms. The summed E-state index contributed by atoms with van der Waals surface area (Å²) < 4.78 is 8.88. The molecule has 1 spiro atoms. The number of rotatable bonds is 4. The summed E-state index contributed by atoms with van der Waals surface area (Å²) in [4.78, 5) is 2.55. The lowest BCUT2D eigenvalue weighted by Gasteiger charge is -2.32. The van der Waals surface area contributed by atoms with Crippen LogP contribution >= 0.6 is 0 Å². The minimum atomic E-state index is -0.446. The molecule has 0 radical (unpaired) electrons. The number of aromatic nitrogens is 1. The highest BCUT2D eigenvalue weighted by molar-refractivity contribution is 6.10. The Kier molecular flexibility index (Phi) is 6.49. The summed E-state index contributed by atoms with van der Waals surface area (Å²) in [6.07, 6.45) is 6.65. The van der Waals surface area contributed by atoms with Crippen molar-refractivity contribution in [3.63, 3.8) is 0 Å². The average Bonchev–Trinajstić information content (AvgIpc) is 4.01. The van der Waals surface area contributed by atoms with Gasteiger partial charge in [-0.2, -0.15) is 0 Å². The van der Waals surface area contributed by atoms with E-state index < -0.39 is 5.41 Å². The molecular weight excluding hydrogens is 705 g/mol. The van der Waals surface area contributed by atoms with Gasteiger partial charge < -0.3 is 13.9 Å². The highest BCUT2D eigenvalue weighted by atomic mass is 16.3. The Hall–Kier alpha value is -7.36. The van der Waals surface area contributed by atoms with E-state index in [1.54, 1.807) is 0 Å². The molecule has 0 amide bonds. The zero-order chi connectivity index (χ0) is 38.0. The Labute approximate surface area is 336 Å². The van der Waals surface area contributed by atoms with Crippen molar-refractivity contribution < 1.29 is 4.42 Å². The van der Waals surface area contributed by atoms with Gasteiger partial charge in [0.2, 0.25) is 0 Å². The van der Waals surface area contributed by atoms with Crippen LogP contribution in [0.25, 0.3) is 66.9 Å². The molecule has 58 heavy (non-hydrogen) atoms. The summed E-state index contributed by atoms with van der Waals surface area (Å²) in [7, 11) is 0. The van der Waals surface area contributed by atoms with Crippen molar-refractivity contribution in [3.8, 4) is 27.9 Å². The van der Waals surface area contributed by atoms with Gasteiger partial charge in [0.25, 0.3) is 0 Å². The number of anilines is 3.